The van der Waals surface area contributed by atoms with Gasteiger partial charge in [0.25, 0.3) is 0 Å². The van der Waals surface area contributed by atoms with Crippen LogP contribution in [0.3, 0.4) is 0 Å². The Balaban J connectivity index is 1.86. The number of rotatable bonds is 5. The lowest BCUT2D eigenvalue weighted by molar-refractivity contribution is 0.142. The summed E-state index contributed by atoms with van der Waals surface area (Å²) in [5, 5.41) is 4.01. The zero-order valence-corrected chi connectivity index (χ0v) is 11.4. The van der Waals surface area contributed by atoms with Crippen molar-refractivity contribution < 1.29 is 4.52 Å². The largest absolute Gasteiger partial charge is 0.338 e. The minimum absolute atomic E-state index is 0.274. The van der Waals surface area contributed by atoms with Crippen molar-refractivity contribution in [2.75, 3.05) is 13.1 Å². The molecule has 1 fully saturated rings. The molecule has 1 aliphatic heterocycles. The molecule has 0 spiro atoms. The summed E-state index contributed by atoms with van der Waals surface area (Å²) in [6.07, 6.45) is 4.30. The monoisotopic (exact) mass is 252 g/mol. The summed E-state index contributed by atoms with van der Waals surface area (Å²) >= 11 is 0. The first kappa shape index (κ1) is 13.5. The molecular formula is C13H24N4O. The second-order valence-corrected chi connectivity index (χ2v) is 5.50. The van der Waals surface area contributed by atoms with E-state index in [0.29, 0.717) is 5.92 Å². The SMILES string of the molecule is CCCCc1noc(CN2CC(C)CC(N)C2)n1. The normalized spacial score (nSPS) is 25.5. The van der Waals surface area contributed by atoms with Crippen LogP contribution in [0.4, 0.5) is 0 Å². The van der Waals surface area contributed by atoms with Gasteiger partial charge in [-0.05, 0) is 18.8 Å². The van der Waals surface area contributed by atoms with E-state index in [9.17, 15) is 0 Å². The van der Waals surface area contributed by atoms with E-state index in [-0.39, 0.29) is 6.04 Å². The summed E-state index contributed by atoms with van der Waals surface area (Å²) in [5.74, 6) is 2.21. The minimum atomic E-state index is 0.274. The number of hydrogen-bond acceptors (Lipinski definition) is 5. The predicted octanol–water partition coefficient (Wildman–Crippen LogP) is 1.58. The summed E-state index contributed by atoms with van der Waals surface area (Å²) in [5.41, 5.74) is 6.03. The first-order valence-electron chi connectivity index (χ1n) is 6.96. The van der Waals surface area contributed by atoms with Gasteiger partial charge in [0, 0.05) is 25.6 Å². The molecule has 5 heteroatoms. The van der Waals surface area contributed by atoms with Gasteiger partial charge in [0.1, 0.15) is 0 Å². The van der Waals surface area contributed by atoms with Crippen LogP contribution in [-0.2, 0) is 13.0 Å². The van der Waals surface area contributed by atoms with Gasteiger partial charge in [0.15, 0.2) is 5.82 Å². The maximum atomic E-state index is 6.03. The van der Waals surface area contributed by atoms with Crippen LogP contribution in [-0.4, -0.2) is 34.2 Å². The standard InChI is InChI=1S/C13H24N4O/c1-3-4-5-12-15-13(18-16-12)9-17-7-10(2)6-11(14)8-17/h10-11H,3-9,14H2,1-2H3. The van der Waals surface area contributed by atoms with Crippen LogP contribution in [0.5, 0.6) is 0 Å². The summed E-state index contributed by atoms with van der Waals surface area (Å²) in [4.78, 5) is 6.75. The van der Waals surface area contributed by atoms with Crippen LogP contribution in [0.15, 0.2) is 4.52 Å². The summed E-state index contributed by atoms with van der Waals surface area (Å²) < 4.78 is 5.29. The van der Waals surface area contributed by atoms with Crippen molar-refractivity contribution in [1.29, 1.82) is 0 Å². The molecule has 1 aromatic heterocycles. The Bertz CT molecular complexity index is 356. The zero-order valence-electron chi connectivity index (χ0n) is 11.4. The van der Waals surface area contributed by atoms with Gasteiger partial charge in [0.2, 0.25) is 5.89 Å². The van der Waals surface area contributed by atoms with E-state index >= 15 is 0 Å². The fourth-order valence-corrected chi connectivity index (χ4v) is 2.62. The summed E-state index contributed by atoms with van der Waals surface area (Å²) in [6.45, 7) is 7.14. The molecule has 1 saturated heterocycles. The second kappa shape index (κ2) is 6.29. The lowest BCUT2D eigenvalue weighted by Crippen LogP contribution is -2.45. The molecule has 5 nitrogen and oxygen atoms in total. The van der Waals surface area contributed by atoms with Crippen molar-refractivity contribution in [1.82, 2.24) is 15.0 Å². The molecule has 2 N–H and O–H groups in total. The van der Waals surface area contributed by atoms with Gasteiger partial charge < -0.3 is 10.3 Å². The third-order valence-electron chi connectivity index (χ3n) is 3.39. The van der Waals surface area contributed by atoms with Crippen LogP contribution < -0.4 is 5.73 Å². The van der Waals surface area contributed by atoms with E-state index in [1.807, 2.05) is 0 Å². The third-order valence-corrected chi connectivity index (χ3v) is 3.39. The number of piperidine rings is 1. The van der Waals surface area contributed by atoms with Crippen LogP contribution in [0.2, 0.25) is 0 Å². The fourth-order valence-electron chi connectivity index (χ4n) is 2.62. The Morgan fingerprint density at radius 2 is 2.28 bits per heavy atom. The van der Waals surface area contributed by atoms with Crippen molar-refractivity contribution in [3.63, 3.8) is 0 Å². The third kappa shape index (κ3) is 3.78. The quantitative estimate of drug-likeness (QED) is 0.861. The molecule has 0 bridgehead atoms. The Morgan fingerprint density at radius 1 is 1.44 bits per heavy atom. The predicted molar refractivity (Wildman–Crippen MR) is 69.9 cm³/mol. The number of nitrogens with zero attached hydrogens (tertiary/aromatic N) is 3. The van der Waals surface area contributed by atoms with Gasteiger partial charge in [-0.2, -0.15) is 4.98 Å². The Morgan fingerprint density at radius 3 is 3.00 bits per heavy atom. The highest BCUT2D eigenvalue weighted by molar-refractivity contribution is 4.88. The van der Waals surface area contributed by atoms with Gasteiger partial charge in [-0.15, -0.1) is 0 Å². The molecule has 0 amide bonds. The van der Waals surface area contributed by atoms with Gasteiger partial charge in [-0.3, -0.25) is 4.90 Å². The molecule has 2 atom stereocenters. The van der Waals surface area contributed by atoms with Crippen LogP contribution in [0, 0.1) is 5.92 Å². The highest BCUT2D eigenvalue weighted by Gasteiger charge is 2.23. The molecule has 2 rings (SSSR count). The maximum absolute atomic E-state index is 6.03. The van der Waals surface area contributed by atoms with Crippen molar-refractivity contribution in [3.05, 3.63) is 11.7 Å². The van der Waals surface area contributed by atoms with E-state index < -0.39 is 0 Å². The fraction of sp³-hybridized carbons (Fsp3) is 0.846. The second-order valence-electron chi connectivity index (χ2n) is 5.50. The van der Waals surface area contributed by atoms with Gasteiger partial charge in [0.05, 0.1) is 6.54 Å². The molecule has 102 valence electrons. The molecule has 1 aliphatic rings. The number of unbranched alkanes of at least 4 members (excludes halogenated alkanes) is 1. The average molecular weight is 252 g/mol. The molecule has 0 aliphatic carbocycles. The van der Waals surface area contributed by atoms with E-state index in [1.54, 1.807) is 0 Å². The number of likely N-dealkylation sites (tertiary alicyclic amines) is 1. The zero-order chi connectivity index (χ0) is 13.0. The van der Waals surface area contributed by atoms with Gasteiger partial charge >= 0.3 is 0 Å². The van der Waals surface area contributed by atoms with Crippen molar-refractivity contribution in [2.45, 2.75) is 52.1 Å². The van der Waals surface area contributed by atoms with Crippen molar-refractivity contribution in [3.8, 4) is 0 Å². The number of hydrogen-bond donors (Lipinski definition) is 1. The Labute approximate surface area is 109 Å². The van der Waals surface area contributed by atoms with E-state index in [0.717, 1.165) is 57.0 Å². The van der Waals surface area contributed by atoms with Crippen LogP contribution in [0.1, 0.15) is 44.8 Å². The van der Waals surface area contributed by atoms with Crippen molar-refractivity contribution in [2.24, 2.45) is 11.7 Å². The lowest BCUT2D eigenvalue weighted by atomic mass is 9.97. The highest BCUT2D eigenvalue weighted by Crippen LogP contribution is 2.17. The molecule has 18 heavy (non-hydrogen) atoms. The van der Waals surface area contributed by atoms with E-state index in [4.69, 9.17) is 10.3 Å². The Kier molecular flexibility index (Phi) is 4.72. The number of nitrogens with two attached hydrogens (primary N) is 1. The molecule has 0 radical (unpaired) electrons. The van der Waals surface area contributed by atoms with Crippen LogP contribution in [0.25, 0.3) is 0 Å². The summed E-state index contributed by atoms with van der Waals surface area (Å²) in [7, 11) is 0. The Hall–Kier alpha value is -0.940. The van der Waals surface area contributed by atoms with E-state index in [1.165, 1.54) is 0 Å². The van der Waals surface area contributed by atoms with Crippen LogP contribution >= 0.6 is 0 Å². The molecule has 2 heterocycles. The average Bonchev–Trinajstić information content (AvgIpc) is 2.72. The topological polar surface area (TPSA) is 68.2 Å². The lowest BCUT2D eigenvalue weighted by Gasteiger charge is -2.33. The molecule has 0 aromatic carbocycles. The van der Waals surface area contributed by atoms with E-state index in [2.05, 4.69) is 28.9 Å². The molecular weight excluding hydrogens is 228 g/mol. The van der Waals surface area contributed by atoms with Crippen molar-refractivity contribution >= 4 is 0 Å². The molecule has 1 aromatic rings. The maximum Gasteiger partial charge on any atom is 0.240 e. The molecule has 0 saturated carbocycles. The summed E-state index contributed by atoms with van der Waals surface area (Å²) in [6, 6.07) is 0.274. The van der Waals surface area contributed by atoms with Gasteiger partial charge in [-0.25, -0.2) is 0 Å². The number of aromatic nitrogens is 2. The molecule has 2 unspecified atom stereocenters. The first-order valence-corrected chi connectivity index (χ1v) is 6.96. The van der Waals surface area contributed by atoms with Gasteiger partial charge in [-0.1, -0.05) is 25.4 Å². The smallest absolute Gasteiger partial charge is 0.240 e. The minimum Gasteiger partial charge on any atom is -0.338 e. The highest BCUT2D eigenvalue weighted by atomic mass is 16.5. The first-order chi connectivity index (χ1) is 8.67. The number of aryl methyl sites for hydroxylation is 1.